The van der Waals surface area contributed by atoms with Gasteiger partial charge in [-0.15, -0.1) is 0 Å². The molecule has 2 heteroatoms. The fourth-order valence-electron chi connectivity index (χ4n) is 1.95. The van der Waals surface area contributed by atoms with Crippen LogP contribution in [0.15, 0.2) is 0 Å². The van der Waals surface area contributed by atoms with Crippen molar-refractivity contribution >= 4 is 8.32 Å². The summed E-state index contributed by atoms with van der Waals surface area (Å²) in [6.45, 7) is 13.7. The lowest BCUT2D eigenvalue weighted by molar-refractivity contribution is 0.0409. The van der Waals surface area contributed by atoms with Crippen molar-refractivity contribution in [2.24, 2.45) is 0 Å². The summed E-state index contributed by atoms with van der Waals surface area (Å²) in [5.41, 5.74) is 0.181. The molecule has 0 bridgehead atoms. The minimum absolute atomic E-state index is 0.181. The van der Waals surface area contributed by atoms with Gasteiger partial charge in [-0.1, -0.05) is 33.6 Å². The van der Waals surface area contributed by atoms with Crippen molar-refractivity contribution in [3.63, 3.8) is 0 Å². The van der Waals surface area contributed by atoms with Gasteiger partial charge in [0.25, 0.3) is 0 Å². The molecule has 14 heavy (non-hydrogen) atoms. The van der Waals surface area contributed by atoms with Crippen molar-refractivity contribution in [3.05, 3.63) is 0 Å². The molecule has 0 heterocycles. The van der Waals surface area contributed by atoms with Crippen LogP contribution in [0.5, 0.6) is 0 Å². The third kappa shape index (κ3) is 5.16. The second-order valence-electron chi connectivity index (χ2n) is 5.21. The Hall–Kier alpha value is 0.177. The van der Waals surface area contributed by atoms with Crippen LogP contribution in [0.25, 0.3) is 0 Å². The van der Waals surface area contributed by atoms with E-state index in [0.717, 1.165) is 12.8 Å². The zero-order chi connectivity index (χ0) is 11.2. The largest absolute Gasteiger partial charge is 0.412 e. The lowest BCUT2D eigenvalue weighted by Crippen LogP contribution is -2.42. The van der Waals surface area contributed by atoms with E-state index >= 15 is 0 Å². The summed E-state index contributed by atoms with van der Waals surface area (Å²) < 4.78 is 6.36. The summed E-state index contributed by atoms with van der Waals surface area (Å²) in [4.78, 5) is 0. The van der Waals surface area contributed by atoms with Crippen LogP contribution in [0.1, 0.15) is 52.9 Å². The summed E-state index contributed by atoms with van der Waals surface area (Å²) in [6, 6.07) is 0. The molecule has 0 aliphatic heterocycles. The first kappa shape index (κ1) is 14.2. The van der Waals surface area contributed by atoms with Gasteiger partial charge < -0.3 is 4.43 Å². The first-order chi connectivity index (χ1) is 6.39. The molecule has 0 aromatic carbocycles. The van der Waals surface area contributed by atoms with Gasteiger partial charge >= 0.3 is 0 Å². The average molecular weight is 216 g/mol. The van der Waals surface area contributed by atoms with Gasteiger partial charge in [0.2, 0.25) is 0 Å². The highest BCUT2D eigenvalue weighted by Gasteiger charge is 2.31. The summed E-state index contributed by atoms with van der Waals surface area (Å²) in [6.07, 6.45) is 6.13. The van der Waals surface area contributed by atoms with Crippen LogP contribution in [0, 0.1) is 0 Å². The van der Waals surface area contributed by atoms with E-state index in [-0.39, 0.29) is 5.60 Å². The lowest BCUT2D eigenvalue weighted by atomic mass is 9.91. The Labute approximate surface area is 91.4 Å². The van der Waals surface area contributed by atoms with Gasteiger partial charge in [0.05, 0.1) is 5.60 Å². The van der Waals surface area contributed by atoms with E-state index in [1.54, 1.807) is 0 Å². The normalized spacial score (nSPS) is 13.3. The number of rotatable bonds is 7. The second-order valence-corrected chi connectivity index (χ2v) is 9.64. The predicted molar refractivity (Wildman–Crippen MR) is 67.3 cm³/mol. The molecule has 0 aromatic heterocycles. The molecule has 0 aliphatic rings. The van der Waals surface area contributed by atoms with Gasteiger partial charge in [0.1, 0.15) is 0 Å². The van der Waals surface area contributed by atoms with E-state index in [1.807, 2.05) is 0 Å². The molecule has 0 fully saturated rings. The molecule has 0 radical (unpaired) electrons. The first-order valence-electron chi connectivity index (χ1n) is 6.09. The molecule has 86 valence electrons. The number of unbranched alkanes of at least 4 members (excludes halogenated alkanes) is 1. The Morgan fingerprint density at radius 2 is 1.50 bits per heavy atom. The topological polar surface area (TPSA) is 9.23 Å². The highest BCUT2D eigenvalue weighted by Crippen LogP contribution is 2.30. The molecule has 0 atom stereocenters. The van der Waals surface area contributed by atoms with E-state index in [2.05, 4.69) is 40.4 Å². The van der Waals surface area contributed by atoms with Gasteiger partial charge in [-0.05, 0) is 38.9 Å². The Kier molecular flexibility index (Phi) is 5.99. The van der Waals surface area contributed by atoms with Gasteiger partial charge in [-0.2, -0.15) is 0 Å². The number of hydrogen-bond donors (Lipinski definition) is 0. The molecular weight excluding hydrogens is 188 g/mol. The summed E-state index contributed by atoms with van der Waals surface area (Å²) in [7, 11) is -1.38. The van der Waals surface area contributed by atoms with E-state index in [4.69, 9.17) is 4.43 Å². The summed E-state index contributed by atoms with van der Waals surface area (Å²) in [5.74, 6) is 0. The fourth-order valence-corrected chi connectivity index (χ4v) is 3.64. The molecule has 0 N–H and O–H groups in total. The molecular formula is C12H28OSi. The van der Waals surface area contributed by atoms with Gasteiger partial charge in [0, 0.05) is 0 Å². The zero-order valence-corrected chi connectivity index (χ0v) is 11.9. The Morgan fingerprint density at radius 1 is 1.00 bits per heavy atom. The number of hydrogen-bond acceptors (Lipinski definition) is 1. The maximum atomic E-state index is 6.36. The molecule has 0 saturated heterocycles. The SMILES string of the molecule is CCCCC(CC)(CC)O[Si](C)(C)C. The van der Waals surface area contributed by atoms with E-state index < -0.39 is 8.32 Å². The summed E-state index contributed by atoms with van der Waals surface area (Å²) in [5, 5.41) is 0. The van der Waals surface area contributed by atoms with Crippen molar-refractivity contribution < 1.29 is 4.43 Å². The van der Waals surface area contributed by atoms with Crippen LogP contribution < -0.4 is 0 Å². The third-order valence-corrected chi connectivity index (χ3v) is 3.84. The van der Waals surface area contributed by atoms with Crippen LogP contribution >= 0.6 is 0 Å². The van der Waals surface area contributed by atoms with E-state index in [0.29, 0.717) is 0 Å². The molecule has 0 saturated carbocycles. The van der Waals surface area contributed by atoms with Crippen molar-refractivity contribution in [2.45, 2.75) is 78.1 Å². The molecule has 0 unspecified atom stereocenters. The Balaban J connectivity index is 4.36. The fraction of sp³-hybridized carbons (Fsp3) is 1.00. The van der Waals surface area contributed by atoms with Crippen LogP contribution in [-0.4, -0.2) is 13.9 Å². The molecule has 0 spiro atoms. The average Bonchev–Trinajstić information content (AvgIpc) is 2.10. The molecule has 0 amide bonds. The minimum atomic E-state index is -1.38. The van der Waals surface area contributed by atoms with Gasteiger partial charge in [-0.3, -0.25) is 0 Å². The van der Waals surface area contributed by atoms with Crippen molar-refractivity contribution in [2.75, 3.05) is 0 Å². The van der Waals surface area contributed by atoms with Crippen molar-refractivity contribution in [1.82, 2.24) is 0 Å². The highest BCUT2D eigenvalue weighted by molar-refractivity contribution is 6.69. The second kappa shape index (κ2) is 5.91. The first-order valence-corrected chi connectivity index (χ1v) is 9.50. The smallest absolute Gasteiger partial charge is 0.184 e. The summed E-state index contributed by atoms with van der Waals surface area (Å²) >= 11 is 0. The quantitative estimate of drug-likeness (QED) is 0.566. The van der Waals surface area contributed by atoms with Crippen LogP contribution in [0.2, 0.25) is 19.6 Å². The zero-order valence-electron chi connectivity index (χ0n) is 10.9. The van der Waals surface area contributed by atoms with Gasteiger partial charge in [0.15, 0.2) is 8.32 Å². The molecule has 0 aliphatic carbocycles. The van der Waals surface area contributed by atoms with Crippen molar-refractivity contribution in [3.8, 4) is 0 Å². The van der Waals surface area contributed by atoms with Crippen LogP contribution in [0.3, 0.4) is 0 Å². The maximum Gasteiger partial charge on any atom is 0.184 e. The molecule has 0 rings (SSSR count). The molecule has 1 nitrogen and oxygen atoms in total. The Bertz CT molecular complexity index is 145. The van der Waals surface area contributed by atoms with Crippen LogP contribution in [-0.2, 0) is 4.43 Å². The minimum Gasteiger partial charge on any atom is -0.412 e. The van der Waals surface area contributed by atoms with Crippen LogP contribution in [0.4, 0.5) is 0 Å². The third-order valence-electron chi connectivity index (χ3n) is 2.80. The van der Waals surface area contributed by atoms with Gasteiger partial charge in [-0.25, -0.2) is 0 Å². The predicted octanol–water partition coefficient (Wildman–Crippen LogP) is 4.59. The molecule has 0 aromatic rings. The van der Waals surface area contributed by atoms with Crippen molar-refractivity contribution in [1.29, 1.82) is 0 Å². The standard InChI is InChI=1S/C12H28OSi/c1-7-10-11-12(8-2,9-3)13-14(4,5)6/h7-11H2,1-6H3. The maximum absolute atomic E-state index is 6.36. The lowest BCUT2D eigenvalue weighted by Gasteiger charge is -2.38. The monoisotopic (exact) mass is 216 g/mol. The highest BCUT2D eigenvalue weighted by atomic mass is 28.4. The van der Waals surface area contributed by atoms with E-state index in [9.17, 15) is 0 Å². The van der Waals surface area contributed by atoms with E-state index in [1.165, 1.54) is 19.3 Å². The Morgan fingerprint density at radius 3 is 1.79 bits per heavy atom.